The van der Waals surface area contributed by atoms with Crippen LogP contribution in [0.5, 0.6) is 5.75 Å². The summed E-state index contributed by atoms with van der Waals surface area (Å²) in [6.45, 7) is 3.50. The Hall–Kier alpha value is -2.08. The van der Waals surface area contributed by atoms with E-state index in [2.05, 4.69) is 5.32 Å². The molecular weight excluding hydrogens is 298 g/mol. The predicted octanol–water partition coefficient (Wildman–Crippen LogP) is 2.28. The Morgan fingerprint density at radius 1 is 1.22 bits per heavy atom. The van der Waals surface area contributed by atoms with Crippen molar-refractivity contribution in [2.45, 2.75) is 38.7 Å². The van der Waals surface area contributed by atoms with E-state index >= 15 is 0 Å². The number of carboxylic acid groups (broad SMARTS) is 1. The number of amides is 1. The number of ether oxygens (including phenoxy) is 1. The van der Waals surface area contributed by atoms with Crippen LogP contribution in [-0.4, -0.2) is 34.3 Å². The SMILES string of the molecule is CC(C)(O)COc1ccc(NC(=O)[C@@H]2CC[C@H](C(=O)O)C2)cc1. The van der Waals surface area contributed by atoms with Crippen LogP contribution in [0.4, 0.5) is 5.69 Å². The standard InChI is InChI=1S/C17H23NO5/c1-17(2,22)10-23-14-7-5-13(6-8-14)18-15(19)11-3-4-12(9-11)16(20)21/h5-8,11-12,22H,3-4,9-10H2,1-2H3,(H,18,19)(H,20,21)/t11-,12+/m1/s1. The van der Waals surface area contributed by atoms with Crippen molar-refractivity contribution in [1.29, 1.82) is 0 Å². The van der Waals surface area contributed by atoms with Gasteiger partial charge in [0.2, 0.25) is 5.91 Å². The van der Waals surface area contributed by atoms with Crippen molar-refractivity contribution in [3.05, 3.63) is 24.3 Å². The van der Waals surface area contributed by atoms with Crippen LogP contribution in [0.1, 0.15) is 33.1 Å². The van der Waals surface area contributed by atoms with Crippen LogP contribution in [0.3, 0.4) is 0 Å². The van der Waals surface area contributed by atoms with Gasteiger partial charge in [-0.1, -0.05) is 0 Å². The summed E-state index contributed by atoms with van der Waals surface area (Å²) in [6, 6.07) is 6.88. The summed E-state index contributed by atoms with van der Waals surface area (Å²) in [5.74, 6) is -1.02. The molecule has 23 heavy (non-hydrogen) atoms. The molecule has 2 atom stereocenters. The third-order valence-electron chi connectivity index (χ3n) is 3.87. The third kappa shape index (κ3) is 5.25. The normalized spacial score (nSPS) is 21.0. The van der Waals surface area contributed by atoms with E-state index in [0.29, 0.717) is 30.7 Å². The number of hydrogen-bond donors (Lipinski definition) is 3. The number of carbonyl (C=O) groups excluding carboxylic acids is 1. The van der Waals surface area contributed by atoms with E-state index in [1.54, 1.807) is 38.1 Å². The van der Waals surface area contributed by atoms with Gasteiger partial charge in [0.1, 0.15) is 12.4 Å². The summed E-state index contributed by atoms with van der Waals surface area (Å²) in [5.41, 5.74) is -0.264. The molecule has 0 spiro atoms. The van der Waals surface area contributed by atoms with Crippen molar-refractivity contribution in [2.24, 2.45) is 11.8 Å². The molecule has 1 aromatic rings. The quantitative estimate of drug-likeness (QED) is 0.747. The average molecular weight is 321 g/mol. The minimum Gasteiger partial charge on any atom is -0.491 e. The lowest BCUT2D eigenvalue weighted by Gasteiger charge is -2.18. The number of rotatable bonds is 6. The van der Waals surface area contributed by atoms with Crippen LogP contribution < -0.4 is 10.1 Å². The summed E-state index contributed by atoms with van der Waals surface area (Å²) in [4.78, 5) is 23.1. The fraction of sp³-hybridized carbons (Fsp3) is 0.529. The van der Waals surface area contributed by atoms with Gasteiger partial charge in [-0.25, -0.2) is 0 Å². The van der Waals surface area contributed by atoms with Crippen molar-refractivity contribution in [3.8, 4) is 5.75 Å². The average Bonchev–Trinajstić information content (AvgIpc) is 2.96. The van der Waals surface area contributed by atoms with Gasteiger partial charge in [0.05, 0.1) is 11.5 Å². The van der Waals surface area contributed by atoms with Crippen LogP contribution in [0.2, 0.25) is 0 Å². The van der Waals surface area contributed by atoms with Gasteiger partial charge in [0.15, 0.2) is 0 Å². The smallest absolute Gasteiger partial charge is 0.306 e. The number of benzene rings is 1. The zero-order valence-corrected chi connectivity index (χ0v) is 13.4. The highest BCUT2D eigenvalue weighted by Crippen LogP contribution is 2.32. The van der Waals surface area contributed by atoms with Gasteiger partial charge in [-0.3, -0.25) is 9.59 Å². The maximum absolute atomic E-state index is 12.2. The number of carboxylic acids is 1. The van der Waals surface area contributed by atoms with Gasteiger partial charge >= 0.3 is 5.97 Å². The lowest BCUT2D eigenvalue weighted by Crippen LogP contribution is -2.27. The van der Waals surface area contributed by atoms with E-state index in [1.165, 1.54) is 0 Å². The molecular formula is C17H23NO5. The minimum atomic E-state index is -0.907. The highest BCUT2D eigenvalue weighted by molar-refractivity contribution is 5.93. The van der Waals surface area contributed by atoms with E-state index < -0.39 is 17.5 Å². The van der Waals surface area contributed by atoms with Crippen LogP contribution in [-0.2, 0) is 9.59 Å². The zero-order chi connectivity index (χ0) is 17.0. The highest BCUT2D eigenvalue weighted by Gasteiger charge is 2.33. The minimum absolute atomic E-state index is 0.140. The topological polar surface area (TPSA) is 95.9 Å². The molecule has 0 aliphatic heterocycles. The molecule has 1 saturated carbocycles. The summed E-state index contributed by atoms with van der Waals surface area (Å²) < 4.78 is 5.44. The number of nitrogens with one attached hydrogen (secondary N) is 1. The Morgan fingerprint density at radius 2 is 1.83 bits per heavy atom. The van der Waals surface area contributed by atoms with E-state index in [-0.39, 0.29) is 18.4 Å². The first-order valence-corrected chi connectivity index (χ1v) is 7.73. The zero-order valence-electron chi connectivity index (χ0n) is 13.4. The number of carbonyl (C=O) groups is 2. The summed E-state index contributed by atoms with van der Waals surface area (Å²) in [5, 5.41) is 21.4. The maximum Gasteiger partial charge on any atom is 0.306 e. The Kier molecular flexibility index (Phi) is 5.26. The first-order chi connectivity index (χ1) is 10.7. The van der Waals surface area contributed by atoms with E-state index in [9.17, 15) is 14.7 Å². The maximum atomic E-state index is 12.2. The van der Waals surface area contributed by atoms with Crippen LogP contribution in [0.25, 0.3) is 0 Å². The van der Waals surface area contributed by atoms with Crippen LogP contribution in [0.15, 0.2) is 24.3 Å². The molecule has 6 heteroatoms. The van der Waals surface area contributed by atoms with Gasteiger partial charge in [0, 0.05) is 11.6 Å². The third-order valence-corrected chi connectivity index (χ3v) is 3.87. The van der Waals surface area contributed by atoms with E-state index in [1.807, 2.05) is 0 Å². The molecule has 0 bridgehead atoms. The first-order valence-electron chi connectivity index (χ1n) is 7.73. The molecule has 1 aromatic carbocycles. The fourth-order valence-corrected chi connectivity index (χ4v) is 2.58. The predicted molar refractivity (Wildman–Crippen MR) is 85.3 cm³/mol. The molecule has 126 valence electrons. The molecule has 0 heterocycles. The molecule has 1 fully saturated rings. The van der Waals surface area contributed by atoms with Crippen molar-refractivity contribution in [3.63, 3.8) is 0 Å². The van der Waals surface area contributed by atoms with Gasteiger partial charge in [-0.05, 0) is 57.4 Å². The molecule has 6 nitrogen and oxygen atoms in total. The molecule has 3 N–H and O–H groups in total. The molecule has 0 saturated heterocycles. The number of aliphatic hydroxyl groups is 1. The first kappa shape index (κ1) is 17.3. The number of anilines is 1. The Balaban J connectivity index is 1.86. The summed E-state index contributed by atoms with van der Waals surface area (Å²) in [6.07, 6.45) is 1.56. The monoisotopic (exact) mass is 321 g/mol. The van der Waals surface area contributed by atoms with Crippen LogP contribution in [0, 0.1) is 11.8 Å². The van der Waals surface area contributed by atoms with Crippen molar-refractivity contribution in [2.75, 3.05) is 11.9 Å². The second-order valence-corrected chi connectivity index (χ2v) is 6.66. The Morgan fingerprint density at radius 3 is 2.35 bits per heavy atom. The van der Waals surface area contributed by atoms with Crippen LogP contribution >= 0.6 is 0 Å². The lowest BCUT2D eigenvalue weighted by molar-refractivity contribution is -0.141. The van der Waals surface area contributed by atoms with E-state index in [4.69, 9.17) is 9.84 Å². The van der Waals surface area contributed by atoms with Crippen molar-refractivity contribution in [1.82, 2.24) is 0 Å². The van der Waals surface area contributed by atoms with Gasteiger partial charge in [-0.15, -0.1) is 0 Å². The second-order valence-electron chi connectivity index (χ2n) is 6.66. The molecule has 1 aliphatic rings. The fourth-order valence-electron chi connectivity index (χ4n) is 2.58. The van der Waals surface area contributed by atoms with Gasteiger partial charge in [-0.2, -0.15) is 0 Å². The Bertz CT molecular complexity index is 561. The summed E-state index contributed by atoms with van der Waals surface area (Å²) in [7, 11) is 0. The van der Waals surface area contributed by atoms with Gasteiger partial charge in [0.25, 0.3) is 0 Å². The highest BCUT2D eigenvalue weighted by atomic mass is 16.5. The number of hydrogen-bond acceptors (Lipinski definition) is 4. The Labute approximate surface area is 135 Å². The largest absolute Gasteiger partial charge is 0.491 e. The molecule has 0 aromatic heterocycles. The summed E-state index contributed by atoms with van der Waals surface area (Å²) >= 11 is 0. The van der Waals surface area contributed by atoms with Crippen molar-refractivity contribution < 1.29 is 24.5 Å². The van der Waals surface area contributed by atoms with E-state index in [0.717, 1.165) is 0 Å². The second kappa shape index (κ2) is 7.00. The molecule has 0 unspecified atom stereocenters. The molecule has 2 rings (SSSR count). The molecule has 1 amide bonds. The van der Waals surface area contributed by atoms with Gasteiger partial charge < -0.3 is 20.3 Å². The molecule has 0 radical (unpaired) electrons. The number of aliphatic carboxylic acids is 1. The molecule has 1 aliphatic carbocycles. The van der Waals surface area contributed by atoms with Crippen molar-refractivity contribution >= 4 is 17.6 Å². The lowest BCUT2D eigenvalue weighted by atomic mass is 10.0.